The van der Waals surface area contributed by atoms with E-state index >= 15 is 0 Å². The minimum Gasteiger partial charge on any atom is -0.481 e. The van der Waals surface area contributed by atoms with Crippen molar-refractivity contribution in [3.05, 3.63) is 59.9 Å². The number of fused-ring (bicyclic) bond motifs is 1. The zero-order valence-electron chi connectivity index (χ0n) is 17.1. The van der Waals surface area contributed by atoms with Crippen molar-refractivity contribution in [2.45, 2.75) is 19.4 Å². The molecule has 2 saturated heterocycles. The normalized spacial score (nSPS) is 20.4. The first-order valence-electron chi connectivity index (χ1n) is 10.5. The number of carboxylic acid groups (broad SMARTS) is 1. The lowest BCUT2D eigenvalue weighted by atomic mass is 9.72. The monoisotopic (exact) mass is 420 g/mol. The molecule has 1 N–H and O–H groups in total. The van der Waals surface area contributed by atoms with Crippen molar-refractivity contribution >= 4 is 22.9 Å². The van der Waals surface area contributed by atoms with E-state index in [1.807, 2.05) is 36.4 Å². The Morgan fingerprint density at radius 3 is 2.65 bits per heavy atom. The number of pyridine rings is 1. The molecular weight excluding hydrogens is 396 g/mol. The molecule has 8 nitrogen and oxygen atoms in total. The number of amides is 1. The van der Waals surface area contributed by atoms with Crippen LogP contribution in [0, 0.1) is 11.3 Å². The predicted molar refractivity (Wildman–Crippen MR) is 113 cm³/mol. The summed E-state index contributed by atoms with van der Waals surface area (Å²) in [6.07, 6.45) is 2.99. The second-order valence-electron chi connectivity index (χ2n) is 8.42. The Morgan fingerprint density at radius 1 is 1.13 bits per heavy atom. The molecule has 1 amide bonds. The fraction of sp³-hybridized carbons (Fsp3) is 0.391. The standard InChI is InChI=1S/C23H24N4O4/c28-21(26-14-18(22(29)30)23(15-26)8-11-31-12-9-23)19-17-7-4-10-24-20(17)27(25-19)13-16-5-2-1-3-6-16/h1-7,10,18H,8-9,11-15H2,(H,29,30). The van der Waals surface area contributed by atoms with Crippen molar-refractivity contribution in [3.8, 4) is 0 Å². The van der Waals surface area contributed by atoms with Crippen molar-refractivity contribution in [1.82, 2.24) is 19.7 Å². The van der Waals surface area contributed by atoms with Crippen LogP contribution in [0.25, 0.3) is 11.0 Å². The topological polar surface area (TPSA) is 97.6 Å². The lowest BCUT2D eigenvalue weighted by molar-refractivity contribution is -0.146. The van der Waals surface area contributed by atoms with Crippen LogP contribution in [0.1, 0.15) is 28.9 Å². The third-order valence-corrected chi connectivity index (χ3v) is 6.61. The molecule has 8 heteroatoms. The molecule has 0 radical (unpaired) electrons. The molecule has 31 heavy (non-hydrogen) atoms. The number of rotatable bonds is 4. The summed E-state index contributed by atoms with van der Waals surface area (Å²) < 4.78 is 7.20. The lowest BCUT2D eigenvalue weighted by Crippen LogP contribution is -2.40. The highest BCUT2D eigenvalue weighted by Crippen LogP contribution is 2.44. The molecule has 4 heterocycles. The fourth-order valence-electron chi connectivity index (χ4n) is 4.93. The van der Waals surface area contributed by atoms with Crippen LogP contribution >= 0.6 is 0 Å². The highest BCUT2D eigenvalue weighted by molar-refractivity contribution is 6.04. The molecule has 2 aliphatic rings. The Balaban J connectivity index is 1.48. The van der Waals surface area contributed by atoms with Gasteiger partial charge in [-0.1, -0.05) is 30.3 Å². The van der Waals surface area contributed by atoms with E-state index in [1.165, 1.54) is 0 Å². The van der Waals surface area contributed by atoms with Gasteiger partial charge in [0, 0.05) is 37.9 Å². The SMILES string of the molecule is O=C(O)C1CN(C(=O)c2nn(Cc3ccccc3)c3ncccc23)CC12CCOCC2. The summed E-state index contributed by atoms with van der Waals surface area (Å²) in [5.74, 6) is -1.67. The maximum absolute atomic E-state index is 13.5. The minimum absolute atomic E-state index is 0.196. The van der Waals surface area contributed by atoms with Gasteiger partial charge in [-0.25, -0.2) is 9.67 Å². The Bertz CT molecular complexity index is 1120. The Labute approximate surface area is 179 Å². The number of likely N-dealkylation sites (tertiary alicyclic amines) is 1. The van der Waals surface area contributed by atoms with Crippen molar-refractivity contribution < 1.29 is 19.4 Å². The highest BCUT2D eigenvalue weighted by Gasteiger charge is 2.52. The van der Waals surface area contributed by atoms with Gasteiger partial charge < -0.3 is 14.7 Å². The largest absolute Gasteiger partial charge is 0.481 e. The summed E-state index contributed by atoms with van der Waals surface area (Å²) in [5, 5.41) is 15.1. The van der Waals surface area contributed by atoms with Crippen molar-refractivity contribution in [3.63, 3.8) is 0 Å². The molecule has 1 atom stereocenters. The maximum atomic E-state index is 13.5. The number of carbonyl (C=O) groups excluding carboxylic acids is 1. The second kappa shape index (κ2) is 7.77. The quantitative estimate of drug-likeness (QED) is 0.696. The van der Waals surface area contributed by atoms with Crippen molar-refractivity contribution in [1.29, 1.82) is 0 Å². The summed E-state index contributed by atoms with van der Waals surface area (Å²) in [6, 6.07) is 13.5. The van der Waals surface area contributed by atoms with Crippen molar-refractivity contribution in [2.75, 3.05) is 26.3 Å². The Kier molecular flexibility index (Phi) is 4.94. The molecular formula is C23H24N4O4. The van der Waals surface area contributed by atoms with Gasteiger partial charge in [0.25, 0.3) is 5.91 Å². The van der Waals surface area contributed by atoms with E-state index < -0.39 is 17.3 Å². The molecule has 160 valence electrons. The number of ether oxygens (including phenoxy) is 1. The van der Waals surface area contributed by atoms with Crippen LogP contribution in [0.5, 0.6) is 0 Å². The maximum Gasteiger partial charge on any atom is 0.308 e. The number of nitrogens with zero attached hydrogens (tertiary/aromatic N) is 4. The van der Waals surface area contributed by atoms with E-state index in [-0.39, 0.29) is 12.5 Å². The number of carboxylic acids is 1. The van der Waals surface area contributed by atoms with Gasteiger partial charge in [0.2, 0.25) is 0 Å². The van der Waals surface area contributed by atoms with Crippen LogP contribution in [0.4, 0.5) is 0 Å². The average Bonchev–Trinajstić information content (AvgIpc) is 3.34. The molecule has 2 fully saturated rings. The van der Waals surface area contributed by atoms with E-state index in [0.717, 1.165) is 5.56 Å². The first-order chi connectivity index (χ1) is 15.1. The summed E-state index contributed by atoms with van der Waals surface area (Å²) in [4.78, 5) is 31.6. The van der Waals surface area contributed by atoms with E-state index in [2.05, 4.69) is 10.1 Å². The van der Waals surface area contributed by atoms with E-state index in [9.17, 15) is 14.7 Å². The van der Waals surface area contributed by atoms with Crippen molar-refractivity contribution in [2.24, 2.45) is 11.3 Å². The van der Waals surface area contributed by atoms with Crippen LogP contribution in [0.2, 0.25) is 0 Å². The smallest absolute Gasteiger partial charge is 0.308 e. The van der Waals surface area contributed by atoms with Gasteiger partial charge in [0.15, 0.2) is 11.3 Å². The van der Waals surface area contributed by atoms with Gasteiger partial charge in [-0.15, -0.1) is 0 Å². The van der Waals surface area contributed by atoms with Crippen LogP contribution in [-0.4, -0.2) is 63.0 Å². The number of benzene rings is 1. The first-order valence-corrected chi connectivity index (χ1v) is 10.5. The molecule has 2 aromatic heterocycles. The zero-order valence-corrected chi connectivity index (χ0v) is 17.1. The minimum atomic E-state index is -0.849. The van der Waals surface area contributed by atoms with Gasteiger partial charge in [0.05, 0.1) is 17.8 Å². The summed E-state index contributed by atoms with van der Waals surface area (Å²) >= 11 is 0. The average molecular weight is 420 g/mol. The highest BCUT2D eigenvalue weighted by atomic mass is 16.5. The first kappa shape index (κ1) is 19.7. The number of hydrogen-bond donors (Lipinski definition) is 1. The van der Waals surface area contributed by atoms with E-state index in [4.69, 9.17) is 4.74 Å². The van der Waals surface area contributed by atoms with Crippen LogP contribution in [-0.2, 0) is 16.1 Å². The number of carbonyl (C=O) groups is 2. The molecule has 1 spiro atoms. The van der Waals surface area contributed by atoms with E-state index in [0.29, 0.717) is 55.9 Å². The van der Waals surface area contributed by atoms with Gasteiger partial charge in [0.1, 0.15) is 0 Å². The second-order valence-corrected chi connectivity index (χ2v) is 8.42. The molecule has 1 aromatic carbocycles. The molecule has 5 rings (SSSR count). The van der Waals surface area contributed by atoms with Gasteiger partial charge in [-0.05, 0) is 30.5 Å². The summed E-state index contributed by atoms with van der Waals surface area (Å²) in [6.45, 7) is 2.18. The van der Waals surface area contributed by atoms with Gasteiger partial charge in [-0.2, -0.15) is 5.10 Å². The molecule has 1 unspecified atom stereocenters. The van der Waals surface area contributed by atoms with Crippen LogP contribution in [0.3, 0.4) is 0 Å². The van der Waals surface area contributed by atoms with Crippen LogP contribution < -0.4 is 0 Å². The van der Waals surface area contributed by atoms with Gasteiger partial charge in [-0.3, -0.25) is 9.59 Å². The molecule has 0 bridgehead atoms. The molecule has 2 aliphatic heterocycles. The van der Waals surface area contributed by atoms with Crippen LogP contribution in [0.15, 0.2) is 48.7 Å². The number of aromatic nitrogens is 3. The predicted octanol–water partition coefficient (Wildman–Crippen LogP) is 2.43. The summed E-state index contributed by atoms with van der Waals surface area (Å²) in [7, 11) is 0. The number of aliphatic carboxylic acids is 1. The zero-order chi connectivity index (χ0) is 21.4. The molecule has 0 saturated carbocycles. The Hall–Kier alpha value is -3.26. The Morgan fingerprint density at radius 2 is 1.90 bits per heavy atom. The molecule has 3 aromatic rings. The van der Waals surface area contributed by atoms with Gasteiger partial charge >= 0.3 is 5.97 Å². The van der Waals surface area contributed by atoms with E-state index in [1.54, 1.807) is 21.8 Å². The third-order valence-electron chi connectivity index (χ3n) is 6.61. The molecule has 0 aliphatic carbocycles. The number of hydrogen-bond acceptors (Lipinski definition) is 5. The summed E-state index contributed by atoms with van der Waals surface area (Å²) in [5.41, 5.74) is 1.60. The third kappa shape index (κ3) is 3.46. The fourth-order valence-corrected chi connectivity index (χ4v) is 4.93. The lowest BCUT2D eigenvalue weighted by Gasteiger charge is -2.36.